The molecule has 0 saturated heterocycles. The van der Waals surface area contributed by atoms with Crippen molar-refractivity contribution in [3.8, 4) is 0 Å². The highest BCUT2D eigenvalue weighted by molar-refractivity contribution is 6.15. The molecule has 8 nitrogen and oxygen atoms in total. The molecule has 1 aromatic heterocycles. The predicted molar refractivity (Wildman–Crippen MR) is 123 cm³/mol. The highest BCUT2D eigenvalue weighted by atomic mass is 16.5. The Labute approximate surface area is 192 Å². The molecule has 0 unspecified atom stereocenters. The van der Waals surface area contributed by atoms with Gasteiger partial charge in [0, 0.05) is 12.2 Å². The minimum atomic E-state index is -1.25. The lowest BCUT2D eigenvalue weighted by atomic mass is 9.93. The summed E-state index contributed by atoms with van der Waals surface area (Å²) in [4.78, 5) is 45.1. The van der Waals surface area contributed by atoms with Crippen molar-refractivity contribution in [3.05, 3.63) is 82.9 Å². The molecule has 1 atom stereocenters. The first-order valence-electron chi connectivity index (χ1n) is 10.6. The number of methoxy groups -OCH3 is 1. The number of anilines is 1. The van der Waals surface area contributed by atoms with Crippen LogP contribution in [0.1, 0.15) is 44.6 Å². The Morgan fingerprint density at radius 1 is 1.12 bits per heavy atom. The number of carbonyl (C=O) groups excluding carboxylic acids is 3. The van der Waals surface area contributed by atoms with Gasteiger partial charge in [-0.15, -0.1) is 0 Å². The third-order valence-electron chi connectivity index (χ3n) is 5.92. The van der Waals surface area contributed by atoms with E-state index in [1.807, 2.05) is 56.3 Å². The normalized spacial score (nSPS) is 17.5. The van der Waals surface area contributed by atoms with Crippen LogP contribution < -0.4 is 10.2 Å². The lowest BCUT2D eigenvalue weighted by Gasteiger charge is -2.43. The van der Waals surface area contributed by atoms with Crippen LogP contribution in [0.15, 0.2) is 54.9 Å². The SMILES string of the molecule is COC(=O)c1ncn2c1C(=O)N(c1cccc(C)c1)[C@](C)(C(=O)NCc1ccc(C)cc1)C2. The summed E-state index contributed by atoms with van der Waals surface area (Å²) in [6, 6.07) is 15.2. The van der Waals surface area contributed by atoms with E-state index in [1.165, 1.54) is 18.3 Å². The molecule has 170 valence electrons. The Morgan fingerprint density at radius 2 is 1.85 bits per heavy atom. The molecule has 0 fully saturated rings. The maximum absolute atomic E-state index is 13.7. The minimum absolute atomic E-state index is 0.0673. The van der Waals surface area contributed by atoms with Gasteiger partial charge in [-0.3, -0.25) is 14.5 Å². The van der Waals surface area contributed by atoms with Crippen molar-refractivity contribution in [1.82, 2.24) is 14.9 Å². The first-order chi connectivity index (χ1) is 15.7. The molecule has 2 aromatic carbocycles. The quantitative estimate of drug-likeness (QED) is 0.608. The molecule has 1 N–H and O–H groups in total. The maximum Gasteiger partial charge on any atom is 0.359 e. The standard InChI is InChI=1S/C25H26N4O4/c1-16-8-10-18(11-9-16)13-26-24(32)25(3)14-28-15-27-20(23(31)33-4)21(28)22(30)29(25)19-7-5-6-17(2)12-19/h5-12,15H,13-14H2,1-4H3,(H,26,32)/t25-/m0/s1. The highest BCUT2D eigenvalue weighted by Crippen LogP contribution is 2.34. The van der Waals surface area contributed by atoms with Gasteiger partial charge in [-0.25, -0.2) is 9.78 Å². The van der Waals surface area contributed by atoms with Crippen LogP contribution in [0.5, 0.6) is 0 Å². The summed E-state index contributed by atoms with van der Waals surface area (Å²) in [5.74, 6) is -1.50. The summed E-state index contributed by atoms with van der Waals surface area (Å²) in [5.41, 5.74) is 2.38. The number of fused-ring (bicyclic) bond motifs is 1. The van der Waals surface area contributed by atoms with Gasteiger partial charge in [0.1, 0.15) is 11.2 Å². The van der Waals surface area contributed by atoms with Gasteiger partial charge in [-0.1, -0.05) is 42.0 Å². The topological polar surface area (TPSA) is 93.5 Å². The van der Waals surface area contributed by atoms with Gasteiger partial charge < -0.3 is 14.6 Å². The van der Waals surface area contributed by atoms with E-state index in [2.05, 4.69) is 10.3 Å². The zero-order valence-electron chi connectivity index (χ0n) is 19.1. The van der Waals surface area contributed by atoms with Crippen molar-refractivity contribution in [1.29, 1.82) is 0 Å². The summed E-state index contributed by atoms with van der Waals surface area (Å²) in [5, 5.41) is 2.98. The fourth-order valence-corrected chi connectivity index (χ4v) is 4.13. The van der Waals surface area contributed by atoms with E-state index in [1.54, 1.807) is 17.6 Å². The molecule has 1 aliphatic heterocycles. The number of aryl methyl sites for hydroxylation is 2. The molecule has 33 heavy (non-hydrogen) atoms. The number of nitrogens with zero attached hydrogens (tertiary/aromatic N) is 3. The average molecular weight is 447 g/mol. The first-order valence-corrected chi connectivity index (χ1v) is 10.6. The number of amides is 2. The van der Waals surface area contributed by atoms with Crippen molar-refractivity contribution in [2.24, 2.45) is 0 Å². The van der Waals surface area contributed by atoms with Crippen LogP contribution in [0, 0.1) is 13.8 Å². The molecule has 8 heteroatoms. The number of carbonyl (C=O) groups is 3. The van der Waals surface area contributed by atoms with Gasteiger partial charge in [0.15, 0.2) is 5.69 Å². The first kappa shape index (κ1) is 22.3. The van der Waals surface area contributed by atoms with Crippen LogP contribution >= 0.6 is 0 Å². The van der Waals surface area contributed by atoms with E-state index in [9.17, 15) is 14.4 Å². The Balaban J connectivity index is 1.74. The zero-order valence-corrected chi connectivity index (χ0v) is 19.1. The number of esters is 1. The highest BCUT2D eigenvalue weighted by Gasteiger charge is 2.49. The van der Waals surface area contributed by atoms with E-state index in [0.29, 0.717) is 12.2 Å². The molecular formula is C25H26N4O4. The fourth-order valence-electron chi connectivity index (χ4n) is 4.13. The molecule has 3 aromatic rings. The van der Waals surface area contributed by atoms with Crippen molar-refractivity contribution in [2.75, 3.05) is 12.0 Å². The van der Waals surface area contributed by atoms with Crippen molar-refractivity contribution >= 4 is 23.5 Å². The minimum Gasteiger partial charge on any atom is -0.464 e. The number of benzene rings is 2. The van der Waals surface area contributed by atoms with Gasteiger partial charge >= 0.3 is 5.97 Å². The van der Waals surface area contributed by atoms with Crippen LogP contribution in [0.25, 0.3) is 0 Å². The summed E-state index contributed by atoms with van der Waals surface area (Å²) in [6.07, 6.45) is 1.40. The molecule has 0 spiro atoms. The van der Waals surface area contributed by atoms with Crippen molar-refractivity contribution < 1.29 is 19.1 Å². The molecule has 2 heterocycles. The van der Waals surface area contributed by atoms with E-state index >= 15 is 0 Å². The number of rotatable bonds is 5. The molecule has 0 radical (unpaired) electrons. The summed E-state index contributed by atoms with van der Waals surface area (Å²) >= 11 is 0. The summed E-state index contributed by atoms with van der Waals surface area (Å²) in [6.45, 7) is 6.10. The largest absolute Gasteiger partial charge is 0.464 e. The fraction of sp³-hybridized carbons (Fsp3) is 0.280. The molecule has 1 aliphatic rings. The van der Waals surface area contributed by atoms with Crippen LogP contribution in [-0.4, -0.2) is 40.0 Å². The Hall–Kier alpha value is -3.94. The second-order valence-corrected chi connectivity index (χ2v) is 8.48. The van der Waals surface area contributed by atoms with Crippen molar-refractivity contribution in [2.45, 2.75) is 39.4 Å². The number of nitrogens with one attached hydrogen (secondary N) is 1. The molecular weight excluding hydrogens is 420 g/mol. The molecule has 2 amide bonds. The summed E-state index contributed by atoms with van der Waals surface area (Å²) < 4.78 is 6.35. The third-order valence-corrected chi connectivity index (χ3v) is 5.92. The van der Waals surface area contributed by atoms with Gasteiger partial charge in [0.25, 0.3) is 5.91 Å². The average Bonchev–Trinajstić information content (AvgIpc) is 3.21. The molecule has 0 bridgehead atoms. The van der Waals surface area contributed by atoms with Gasteiger partial charge in [-0.05, 0) is 44.0 Å². The zero-order chi connectivity index (χ0) is 23.8. The molecule has 0 aliphatic carbocycles. The third kappa shape index (κ3) is 4.00. The van der Waals surface area contributed by atoms with E-state index in [4.69, 9.17) is 4.74 Å². The monoisotopic (exact) mass is 446 g/mol. The van der Waals surface area contributed by atoms with Crippen LogP contribution in [0.3, 0.4) is 0 Å². The van der Waals surface area contributed by atoms with Crippen LogP contribution in [0.4, 0.5) is 5.69 Å². The van der Waals surface area contributed by atoms with Gasteiger partial charge in [-0.2, -0.15) is 0 Å². The number of aromatic nitrogens is 2. The number of hydrogen-bond acceptors (Lipinski definition) is 5. The lowest BCUT2D eigenvalue weighted by molar-refractivity contribution is -0.126. The second kappa shape index (κ2) is 8.54. The molecule has 4 rings (SSSR count). The van der Waals surface area contributed by atoms with E-state index < -0.39 is 17.4 Å². The Morgan fingerprint density at radius 3 is 2.52 bits per heavy atom. The Kier molecular flexibility index (Phi) is 5.76. The number of imidazole rings is 1. The molecule has 0 saturated carbocycles. The van der Waals surface area contributed by atoms with Crippen molar-refractivity contribution in [3.63, 3.8) is 0 Å². The van der Waals surface area contributed by atoms with Gasteiger partial charge in [0.2, 0.25) is 5.91 Å². The number of hydrogen-bond donors (Lipinski definition) is 1. The second-order valence-electron chi connectivity index (χ2n) is 8.48. The Bertz CT molecular complexity index is 1230. The predicted octanol–water partition coefficient (Wildman–Crippen LogP) is 3.02. The van der Waals surface area contributed by atoms with Crippen LogP contribution in [-0.2, 0) is 22.6 Å². The van der Waals surface area contributed by atoms with Crippen LogP contribution in [0.2, 0.25) is 0 Å². The number of ether oxygens (including phenoxy) is 1. The smallest absolute Gasteiger partial charge is 0.359 e. The summed E-state index contributed by atoms with van der Waals surface area (Å²) in [7, 11) is 1.24. The van der Waals surface area contributed by atoms with E-state index in [0.717, 1.165) is 16.7 Å². The maximum atomic E-state index is 13.7. The lowest BCUT2D eigenvalue weighted by Crippen LogP contribution is -2.64. The van der Waals surface area contributed by atoms with E-state index in [-0.39, 0.29) is 23.8 Å². The van der Waals surface area contributed by atoms with Gasteiger partial charge in [0.05, 0.1) is 20.0 Å².